The van der Waals surface area contributed by atoms with E-state index < -0.39 is 10.0 Å². The Kier molecular flexibility index (Phi) is 3.82. The van der Waals surface area contributed by atoms with Crippen LogP contribution in [0.1, 0.15) is 5.56 Å². The Labute approximate surface area is 112 Å². The van der Waals surface area contributed by atoms with E-state index in [9.17, 15) is 8.42 Å². The van der Waals surface area contributed by atoms with Crippen LogP contribution in [0.5, 0.6) is 0 Å². The van der Waals surface area contributed by atoms with Crippen LogP contribution in [-0.4, -0.2) is 20.4 Å². The molecule has 1 aromatic heterocycles. The van der Waals surface area contributed by atoms with Gasteiger partial charge in [0.2, 0.25) is 0 Å². The minimum absolute atomic E-state index is 0.177. The van der Waals surface area contributed by atoms with Gasteiger partial charge in [0.25, 0.3) is 10.0 Å². The number of sulfonamides is 1. The highest BCUT2D eigenvalue weighted by Gasteiger charge is 2.23. The van der Waals surface area contributed by atoms with Gasteiger partial charge in [-0.1, -0.05) is 18.2 Å². The topological polar surface area (TPSA) is 76.3 Å². The second kappa shape index (κ2) is 5.38. The number of hydrogen-bond acceptors (Lipinski definition) is 4. The summed E-state index contributed by atoms with van der Waals surface area (Å²) in [5.74, 6) is 0. The average Bonchev–Trinajstić information content (AvgIpc) is 2.47. The maximum atomic E-state index is 12.6. The maximum Gasteiger partial charge on any atom is 0.264 e. The Morgan fingerprint density at radius 2 is 1.95 bits per heavy atom. The fraction of sp³-hybridized carbons (Fsp3) is 0.154. The van der Waals surface area contributed by atoms with E-state index in [4.69, 9.17) is 5.73 Å². The first-order valence-electron chi connectivity index (χ1n) is 5.74. The molecule has 0 aliphatic heterocycles. The van der Waals surface area contributed by atoms with Gasteiger partial charge < -0.3 is 5.73 Å². The lowest BCUT2D eigenvalue weighted by Gasteiger charge is -2.20. The lowest BCUT2D eigenvalue weighted by molar-refractivity contribution is 0.593. The molecule has 0 amide bonds. The monoisotopic (exact) mass is 277 g/mol. The first-order chi connectivity index (χ1) is 9.07. The average molecular weight is 277 g/mol. The van der Waals surface area contributed by atoms with Gasteiger partial charge in [-0.3, -0.25) is 9.29 Å². The molecule has 0 aliphatic rings. The van der Waals surface area contributed by atoms with E-state index in [1.54, 1.807) is 42.6 Å². The van der Waals surface area contributed by atoms with Gasteiger partial charge in [0.15, 0.2) is 0 Å². The molecule has 0 radical (unpaired) electrons. The van der Waals surface area contributed by atoms with E-state index in [0.29, 0.717) is 11.3 Å². The van der Waals surface area contributed by atoms with E-state index in [2.05, 4.69) is 4.98 Å². The molecule has 0 atom stereocenters. The molecule has 2 aromatic rings. The lowest BCUT2D eigenvalue weighted by Crippen LogP contribution is -2.27. The van der Waals surface area contributed by atoms with Crippen molar-refractivity contribution in [3.05, 3.63) is 54.4 Å². The highest BCUT2D eigenvalue weighted by molar-refractivity contribution is 7.92. The number of pyridine rings is 1. The van der Waals surface area contributed by atoms with Gasteiger partial charge >= 0.3 is 0 Å². The van der Waals surface area contributed by atoms with Crippen molar-refractivity contribution < 1.29 is 8.42 Å². The van der Waals surface area contributed by atoms with E-state index >= 15 is 0 Å². The van der Waals surface area contributed by atoms with Gasteiger partial charge in [0, 0.05) is 19.8 Å². The van der Waals surface area contributed by atoms with Gasteiger partial charge in [0.05, 0.1) is 16.8 Å². The zero-order valence-electron chi connectivity index (χ0n) is 10.5. The minimum atomic E-state index is -3.62. The predicted octanol–water partition coefficient (Wildman–Crippen LogP) is 1.37. The van der Waals surface area contributed by atoms with Gasteiger partial charge in [-0.05, 0) is 23.8 Å². The number of aromatic nitrogens is 1. The summed E-state index contributed by atoms with van der Waals surface area (Å²) in [7, 11) is -2.12. The predicted molar refractivity (Wildman–Crippen MR) is 74.2 cm³/mol. The molecule has 0 aliphatic carbocycles. The molecule has 2 N–H and O–H groups in total. The van der Waals surface area contributed by atoms with Crippen molar-refractivity contribution in [1.82, 2.24) is 4.98 Å². The second-order valence-corrected chi connectivity index (χ2v) is 5.93. The van der Waals surface area contributed by atoms with Gasteiger partial charge in [-0.25, -0.2) is 8.42 Å². The minimum Gasteiger partial charge on any atom is -0.326 e. The molecule has 1 aromatic carbocycles. The van der Waals surface area contributed by atoms with Crippen LogP contribution in [-0.2, 0) is 16.6 Å². The van der Waals surface area contributed by atoms with Crippen LogP contribution < -0.4 is 10.0 Å². The zero-order valence-corrected chi connectivity index (χ0v) is 11.3. The van der Waals surface area contributed by atoms with Crippen LogP contribution in [0.2, 0.25) is 0 Å². The molecule has 6 heteroatoms. The number of nitrogens with two attached hydrogens (primary N) is 1. The summed E-state index contributed by atoms with van der Waals surface area (Å²) in [6.45, 7) is 0.177. The Bertz CT molecular complexity index is 657. The summed E-state index contributed by atoms with van der Waals surface area (Å²) in [6.07, 6.45) is 3.10. The number of rotatable bonds is 4. The van der Waals surface area contributed by atoms with Crippen LogP contribution in [0, 0.1) is 0 Å². The Balaban J connectivity index is 2.48. The lowest BCUT2D eigenvalue weighted by atomic mass is 10.2. The molecule has 0 fully saturated rings. The van der Waals surface area contributed by atoms with Gasteiger partial charge in [0.1, 0.15) is 0 Å². The number of hydrogen-bond donors (Lipinski definition) is 1. The van der Waals surface area contributed by atoms with Crippen molar-refractivity contribution >= 4 is 15.7 Å². The first-order valence-corrected chi connectivity index (χ1v) is 7.18. The second-order valence-electron chi connectivity index (χ2n) is 4.00. The molecule has 0 saturated heterocycles. The number of benzene rings is 1. The summed E-state index contributed by atoms with van der Waals surface area (Å²) < 4.78 is 26.3. The van der Waals surface area contributed by atoms with Crippen molar-refractivity contribution in [2.75, 3.05) is 11.4 Å². The van der Waals surface area contributed by atoms with Crippen molar-refractivity contribution in [3.63, 3.8) is 0 Å². The molecule has 5 nitrogen and oxygen atoms in total. The van der Waals surface area contributed by atoms with Crippen molar-refractivity contribution in [1.29, 1.82) is 0 Å². The van der Waals surface area contributed by atoms with Crippen molar-refractivity contribution in [2.45, 2.75) is 11.4 Å². The summed E-state index contributed by atoms with van der Waals surface area (Å²) in [4.78, 5) is 4.15. The van der Waals surface area contributed by atoms with E-state index in [1.165, 1.54) is 17.5 Å². The molecule has 19 heavy (non-hydrogen) atoms. The molecule has 0 saturated carbocycles. The quantitative estimate of drug-likeness (QED) is 0.915. The Morgan fingerprint density at radius 3 is 2.58 bits per heavy atom. The maximum absolute atomic E-state index is 12.6. The summed E-state index contributed by atoms with van der Waals surface area (Å²) in [5, 5.41) is 0. The largest absolute Gasteiger partial charge is 0.326 e. The molecule has 2 rings (SSSR count). The molecule has 100 valence electrons. The van der Waals surface area contributed by atoms with Crippen LogP contribution in [0.4, 0.5) is 5.69 Å². The fourth-order valence-electron chi connectivity index (χ4n) is 1.75. The molecule has 1 heterocycles. The highest BCUT2D eigenvalue weighted by Crippen LogP contribution is 2.23. The molecule has 0 unspecified atom stereocenters. The van der Waals surface area contributed by atoms with E-state index in [-0.39, 0.29) is 11.4 Å². The Hall–Kier alpha value is -1.92. The third-order valence-electron chi connectivity index (χ3n) is 2.84. The summed E-state index contributed by atoms with van der Waals surface area (Å²) in [6, 6.07) is 10.1. The third-order valence-corrected chi connectivity index (χ3v) is 4.73. The Morgan fingerprint density at radius 1 is 1.21 bits per heavy atom. The van der Waals surface area contributed by atoms with Crippen molar-refractivity contribution in [3.8, 4) is 0 Å². The van der Waals surface area contributed by atoms with Crippen LogP contribution in [0.15, 0.2) is 53.7 Å². The van der Waals surface area contributed by atoms with E-state index in [0.717, 1.165) is 0 Å². The number of nitrogens with zero attached hydrogens (tertiary/aromatic N) is 2. The van der Waals surface area contributed by atoms with Crippen LogP contribution >= 0.6 is 0 Å². The van der Waals surface area contributed by atoms with Gasteiger partial charge in [-0.2, -0.15) is 0 Å². The molecule has 0 bridgehead atoms. The SMILES string of the molecule is CN(c1cccnc1)S(=O)(=O)c1ccccc1CN. The third kappa shape index (κ3) is 2.59. The smallest absolute Gasteiger partial charge is 0.264 e. The molecular formula is C13H15N3O2S. The summed E-state index contributed by atoms with van der Waals surface area (Å²) >= 11 is 0. The summed E-state index contributed by atoms with van der Waals surface area (Å²) in [5.41, 5.74) is 6.70. The highest BCUT2D eigenvalue weighted by atomic mass is 32.2. The zero-order chi connectivity index (χ0) is 13.9. The molecule has 0 spiro atoms. The fourth-order valence-corrected chi connectivity index (χ4v) is 3.16. The van der Waals surface area contributed by atoms with Crippen LogP contribution in [0.25, 0.3) is 0 Å². The normalized spacial score (nSPS) is 11.3. The van der Waals surface area contributed by atoms with Crippen molar-refractivity contribution in [2.24, 2.45) is 5.73 Å². The van der Waals surface area contributed by atoms with E-state index in [1.807, 2.05) is 0 Å². The van der Waals surface area contributed by atoms with Gasteiger partial charge in [-0.15, -0.1) is 0 Å². The van der Waals surface area contributed by atoms with Crippen LogP contribution in [0.3, 0.4) is 0 Å². The molecular weight excluding hydrogens is 262 g/mol. The first kappa shape index (κ1) is 13.5. The standard InChI is InChI=1S/C13H15N3O2S/c1-16(12-6-4-8-15-10-12)19(17,18)13-7-3-2-5-11(13)9-14/h2-8,10H,9,14H2,1H3. The number of anilines is 1.